The van der Waals surface area contributed by atoms with Crippen molar-refractivity contribution in [2.75, 3.05) is 13.7 Å². The lowest BCUT2D eigenvalue weighted by Crippen LogP contribution is -2.37. The van der Waals surface area contributed by atoms with Gasteiger partial charge in [0.25, 0.3) is 10.0 Å². The zero-order valence-electron chi connectivity index (χ0n) is 16.5. The first-order valence-corrected chi connectivity index (χ1v) is 11.0. The first kappa shape index (κ1) is 22.7. The molecule has 1 unspecified atom stereocenters. The van der Waals surface area contributed by atoms with E-state index in [1.54, 1.807) is 31.6 Å². The average Bonchev–Trinajstić information content (AvgIpc) is 3.21. The Kier molecular flexibility index (Phi) is 8.03. The number of hydrogen-bond acceptors (Lipinski definition) is 6. The van der Waals surface area contributed by atoms with E-state index in [9.17, 15) is 13.2 Å². The quantitative estimate of drug-likeness (QED) is 0.514. The molecule has 0 radical (unpaired) electrons. The number of ether oxygens (including phenoxy) is 1. The lowest BCUT2D eigenvalue weighted by atomic mass is 10.1. The van der Waals surface area contributed by atoms with Crippen LogP contribution >= 0.6 is 12.2 Å². The Bertz CT molecular complexity index is 943. The Hall–Kier alpha value is -2.59. The second-order valence-corrected chi connectivity index (χ2v) is 8.22. The van der Waals surface area contributed by atoms with Crippen LogP contribution in [0.5, 0.6) is 5.75 Å². The highest BCUT2D eigenvalue weighted by Gasteiger charge is 2.22. The summed E-state index contributed by atoms with van der Waals surface area (Å²) in [4.78, 5) is 12.4. The van der Waals surface area contributed by atoms with Crippen LogP contribution in [-0.4, -0.2) is 33.1 Å². The number of nitrogens with one attached hydrogen (secondary N) is 3. The maximum Gasteiger partial charge on any atom is 0.267 e. The Morgan fingerprint density at radius 2 is 2.03 bits per heavy atom. The zero-order chi connectivity index (χ0) is 21.4. The van der Waals surface area contributed by atoms with Gasteiger partial charge in [0, 0.05) is 12.6 Å². The number of furan rings is 1. The van der Waals surface area contributed by atoms with Crippen molar-refractivity contribution in [3.8, 4) is 5.75 Å². The van der Waals surface area contributed by atoms with Crippen LogP contribution < -0.4 is 20.1 Å². The molecule has 3 N–H and O–H groups in total. The van der Waals surface area contributed by atoms with Crippen LogP contribution in [0.2, 0.25) is 0 Å². The van der Waals surface area contributed by atoms with Crippen LogP contribution in [0.3, 0.4) is 0 Å². The van der Waals surface area contributed by atoms with Gasteiger partial charge in [-0.25, -0.2) is 8.42 Å². The number of sulfonamides is 1. The van der Waals surface area contributed by atoms with E-state index in [1.165, 1.54) is 19.2 Å². The predicted octanol–water partition coefficient (Wildman–Crippen LogP) is 2.27. The highest BCUT2D eigenvalue weighted by atomic mass is 32.2. The predicted molar refractivity (Wildman–Crippen MR) is 113 cm³/mol. The van der Waals surface area contributed by atoms with Gasteiger partial charge >= 0.3 is 0 Å². The van der Waals surface area contributed by atoms with Gasteiger partial charge < -0.3 is 19.8 Å². The first-order chi connectivity index (χ1) is 13.8. The maximum atomic E-state index is 12.7. The van der Waals surface area contributed by atoms with Crippen molar-refractivity contribution < 1.29 is 22.4 Å². The van der Waals surface area contributed by atoms with E-state index in [0.29, 0.717) is 18.6 Å². The van der Waals surface area contributed by atoms with Crippen molar-refractivity contribution in [2.24, 2.45) is 0 Å². The summed E-state index contributed by atoms with van der Waals surface area (Å²) in [5, 5.41) is 5.45. The summed E-state index contributed by atoms with van der Waals surface area (Å²) in [6.07, 6.45) is 3.85. The molecule has 1 atom stereocenters. The fourth-order valence-corrected chi connectivity index (χ4v) is 4.18. The van der Waals surface area contributed by atoms with E-state index in [-0.39, 0.29) is 34.1 Å². The summed E-state index contributed by atoms with van der Waals surface area (Å²) in [7, 11) is -2.46. The van der Waals surface area contributed by atoms with Crippen molar-refractivity contribution in [1.29, 1.82) is 0 Å². The van der Waals surface area contributed by atoms with Gasteiger partial charge in [-0.15, -0.1) is 0 Å². The molecule has 0 saturated heterocycles. The third kappa shape index (κ3) is 6.20. The van der Waals surface area contributed by atoms with E-state index in [2.05, 4.69) is 15.4 Å². The second-order valence-electron chi connectivity index (χ2n) is 6.16. The molecule has 10 heteroatoms. The topological polar surface area (TPSA) is 110 Å². The molecule has 8 nitrogen and oxygen atoms in total. The molecule has 0 fully saturated rings. The summed E-state index contributed by atoms with van der Waals surface area (Å²) in [6.45, 7) is 4.00. The minimum absolute atomic E-state index is 0.0136. The molecule has 2 aromatic rings. The Labute approximate surface area is 176 Å². The van der Waals surface area contributed by atoms with Crippen LogP contribution in [-0.2, 0) is 21.2 Å². The summed E-state index contributed by atoms with van der Waals surface area (Å²) in [5.74, 6) is -0.0443. The van der Waals surface area contributed by atoms with Crippen LogP contribution in [0.4, 0.5) is 0 Å². The van der Waals surface area contributed by atoms with Crippen molar-refractivity contribution in [2.45, 2.75) is 37.6 Å². The van der Waals surface area contributed by atoms with E-state index in [4.69, 9.17) is 21.4 Å². The average molecular weight is 440 g/mol. The number of benzene rings is 1. The number of amides is 1. The minimum Gasteiger partial charge on any atom is -0.492 e. The molecule has 1 amide bonds. The zero-order valence-corrected chi connectivity index (χ0v) is 18.2. The van der Waals surface area contributed by atoms with Gasteiger partial charge in [-0.3, -0.25) is 9.52 Å². The highest BCUT2D eigenvalue weighted by Crippen LogP contribution is 2.26. The van der Waals surface area contributed by atoms with Crippen LogP contribution in [0.25, 0.3) is 0 Å². The van der Waals surface area contributed by atoms with Gasteiger partial charge in [0.1, 0.15) is 10.6 Å². The number of carbonyl (C=O) groups is 1. The van der Waals surface area contributed by atoms with Crippen molar-refractivity contribution >= 4 is 33.3 Å². The van der Waals surface area contributed by atoms with E-state index < -0.39 is 10.0 Å². The Morgan fingerprint density at radius 3 is 2.62 bits per heavy atom. The summed E-state index contributed by atoms with van der Waals surface area (Å²) < 4.78 is 38.1. The summed E-state index contributed by atoms with van der Waals surface area (Å²) in [6, 6.07) is 6.24. The Balaban J connectivity index is 2.23. The number of hydrogen-bond donors (Lipinski definition) is 3. The lowest BCUT2D eigenvalue weighted by Gasteiger charge is -2.16. The molecule has 0 saturated carbocycles. The summed E-state index contributed by atoms with van der Waals surface area (Å²) >= 11 is 4.90. The lowest BCUT2D eigenvalue weighted by molar-refractivity contribution is -0.121. The fraction of sp³-hybridized carbons (Fsp3) is 0.368. The molecule has 1 aromatic carbocycles. The van der Waals surface area contributed by atoms with E-state index >= 15 is 0 Å². The van der Waals surface area contributed by atoms with Gasteiger partial charge in [0.05, 0.1) is 31.6 Å². The van der Waals surface area contributed by atoms with E-state index in [1.807, 2.05) is 6.92 Å². The largest absolute Gasteiger partial charge is 0.492 e. The normalized spacial score (nSPS) is 12.1. The van der Waals surface area contributed by atoms with Crippen molar-refractivity contribution in [3.63, 3.8) is 0 Å². The smallest absolute Gasteiger partial charge is 0.267 e. The van der Waals surface area contributed by atoms with Gasteiger partial charge in [-0.1, -0.05) is 13.0 Å². The van der Waals surface area contributed by atoms with Gasteiger partial charge in [0.15, 0.2) is 5.11 Å². The van der Waals surface area contributed by atoms with Crippen LogP contribution in [0.1, 0.15) is 37.4 Å². The number of rotatable bonds is 9. The van der Waals surface area contributed by atoms with Gasteiger partial charge in [-0.2, -0.15) is 0 Å². The first-order valence-electron chi connectivity index (χ1n) is 9.12. The molecule has 1 aromatic heterocycles. The minimum atomic E-state index is -3.97. The van der Waals surface area contributed by atoms with Crippen molar-refractivity contribution in [1.82, 2.24) is 15.4 Å². The Morgan fingerprint density at radius 1 is 1.28 bits per heavy atom. The van der Waals surface area contributed by atoms with Crippen LogP contribution in [0, 0.1) is 0 Å². The molecular formula is C19H25N3O5S2. The second kappa shape index (κ2) is 10.3. The molecule has 2 rings (SSSR count). The molecule has 0 spiro atoms. The molecular weight excluding hydrogens is 414 g/mol. The molecule has 0 bridgehead atoms. The summed E-state index contributed by atoms with van der Waals surface area (Å²) in [5.41, 5.74) is 1.41. The van der Waals surface area contributed by atoms with Crippen molar-refractivity contribution in [3.05, 3.63) is 47.9 Å². The number of thiocarbonyl (C=S) groups is 1. The van der Waals surface area contributed by atoms with Gasteiger partial charge in [-0.05, 0) is 49.3 Å². The van der Waals surface area contributed by atoms with E-state index in [0.717, 1.165) is 5.56 Å². The standard InChI is InChI=1S/C19H25N3O5S2/c1-4-15(14-8-9-26-12-14)21-18(23)11-13-6-7-16(27-5-2)17(10-13)29(24,25)22-19(28)20-3/h6-10,12,15H,4-5,11H2,1-3H3,(H,21,23)(H2,20,22,28). The van der Waals surface area contributed by atoms with Gasteiger partial charge in [0.2, 0.25) is 5.91 Å². The maximum absolute atomic E-state index is 12.7. The monoisotopic (exact) mass is 439 g/mol. The molecule has 29 heavy (non-hydrogen) atoms. The highest BCUT2D eigenvalue weighted by molar-refractivity contribution is 7.92. The fourth-order valence-electron chi connectivity index (χ4n) is 2.70. The molecule has 0 aliphatic carbocycles. The molecule has 0 aliphatic heterocycles. The third-order valence-corrected chi connectivity index (χ3v) is 5.91. The molecule has 0 aliphatic rings. The molecule has 158 valence electrons. The molecule has 1 heterocycles. The third-order valence-electron chi connectivity index (χ3n) is 4.11. The number of carbonyl (C=O) groups excluding carboxylic acids is 1. The van der Waals surface area contributed by atoms with Crippen LogP contribution in [0.15, 0.2) is 46.1 Å². The SMILES string of the molecule is CCOc1ccc(CC(=O)NC(CC)c2ccoc2)cc1S(=O)(=O)NC(=S)NC.